The van der Waals surface area contributed by atoms with Gasteiger partial charge in [-0.05, 0) is 32.0 Å². The number of carboxylic acid groups (broad SMARTS) is 1. The van der Waals surface area contributed by atoms with Crippen molar-refractivity contribution in [1.29, 1.82) is 0 Å². The average molecular weight is 244 g/mol. The second-order valence-electron chi connectivity index (χ2n) is 4.14. The van der Waals surface area contributed by atoms with Crippen molar-refractivity contribution in [1.82, 2.24) is 0 Å². The van der Waals surface area contributed by atoms with Crippen molar-refractivity contribution >= 4 is 16.8 Å². The maximum atomic E-state index is 12.9. The number of carboxylic acids is 1. The summed E-state index contributed by atoms with van der Waals surface area (Å²) < 4.78 is 24.7. The Balaban J connectivity index is 2.85. The molecule has 0 fully saturated rings. The van der Waals surface area contributed by atoms with Gasteiger partial charge in [-0.25, -0.2) is 4.39 Å². The van der Waals surface area contributed by atoms with Gasteiger partial charge in [0.1, 0.15) is 5.82 Å². The van der Waals surface area contributed by atoms with Crippen LogP contribution in [0.5, 0.6) is 0 Å². The molecule has 1 N–H and O–H groups in total. The third-order valence-corrected chi connectivity index (χ3v) is 3.89. The molecular formula is C11H13FO3S. The van der Waals surface area contributed by atoms with Crippen LogP contribution in [0, 0.1) is 11.2 Å². The lowest BCUT2D eigenvalue weighted by molar-refractivity contribution is -0.145. The molecule has 0 aliphatic carbocycles. The fraction of sp³-hybridized carbons (Fsp3) is 0.364. The van der Waals surface area contributed by atoms with Crippen LogP contribution in [0.15, 0.2) is 29.2 Å². The first-order chi connectivity index (χ1) is 7.33. The summed E-state index contributed by atoms with van der Waals surface area (Å²) in [6.45, 7) is 2.99. The van der Waals surface area contributed by atoms with Gasteiger partial charge in [0.15, 0.2) is 0 Å². The summed E-state index contributed by atoms with van der Waals surface area (Å²) in [5.41, 5.74) is -1.09. The van der Waals surface area contributed by atoms with Crippen LogP contribution in [0.2, 0.25) is 0 Å². The summed E-state index contributed by atoms with van der Waals surface area (Å²) in [4.78, 5) is 11.2. The molecule has 0 saturated carbocycles. The quantitative estimate of drug-likeness (QED) is 0.881. The SMILES string of the molecule is CC(C)(CS(=O)c1cccc(F)c1)C(=O)O. The Labute approximate surface area is 95.8 Å². The fourth-order valence-electron chi connectivity index (χ4n) is 1.08. The smallest absolute Gasteiger partial charge is 0.310 e. The molecule has 0 aliphatic rings. The van der Waals surface area contributed by atoms with Crippen molar-refractivity contribution in [3.63, 3.8) is 0 Å². The van der Waals surface area contributed by atoms with E-state index in [1.165, 1.54) is 32.0 Å². The Hall–Kier alpha value is -1.23. The topological polar surface area (TPSA) is 54.4 Å². The second kappa shape index (κ2) is 4.74. The van der Waals surface area contributed by atoms with Crippen LogP contribution in [0.25, 0.3) is 0 Å². The number of benzene rings is 1. The summed E-state index contributed by atoms with van der Waals surface area (Å²) in [7, 11) is -1.50. The zero-order valence-electron chi connectivity index (χ0n) is 9.07. The number of hydrogen-bond acceptors (Lipinski definition) is 2. The first kappa shape index (κ1) is 12.8. The highest BCUT2D eigenvalue weighted by atomic mass is 32.2. The molecular weight excluding hydrogens is 231 g/mol. The van der Waals surface area contributed by atoms with Gasteiger partial charge in [-0.15, -0.1) is 0 Å². The predicted octanol–water partition coefficient (Wildman–Crippen LogP) is 2.04. The van der Waals surface area contributed by atoms with Crippen molar-refractivity contribution in [3.05, 3.63) is 30.1 Å². The molecule has 0 aliphatic heterocycles. The Morgan fingerprint density at radius 2 is 2.12 bits per heavy atom. The highest BCUT2D eigenvalue weighted by Crippen LogP contribution is 2.20. The highest BCUT2D eigenvalue weighted by molar-refractivity contribution is 7.85. The van der Waals surface area contributed by atoms with Crippen LogP contribution >= 0.6 is 0 Å². The molecule has 16 heavy (non-hydrogen) atoms. The van der Waals surface area contributed by atoms with Crippen molar-refractivity contribution < 1.29 is 18.5 Å². The molecule has 1 atom stereocenters. The van der Waals surface area contributed by atoms with Crippen LogP contribution in [0.3, 0.4) is 0 Å². The van der Waals surface area contributed by atoms with E-state index >= 15 is 0 Å². The lowest BCUT2D eigenvalue weighted by atomic mass is 9.97. The molecule has 0 saturated heterocycles. The Morgan fingerprint density at radius 3 is 2.62 bits per heavy atom. The molecule has 1 aromatic carbocycles. The lowest BCUT2D eigenvalue weighted by Gasteiger charge is -2.18. The van der Waals surface area contributed by atoms with Crippen LogP contribution in [-0.2, 0) is 15.6 Å². The lowest BCUT2D eigenvalue weighted by Crippen LogP contribution is -2.30. The third kappa shape index (κ3) is 3.13. The van der Waals surface area contributed by atoms with Gasteiger partial charge in [0.05, 0.1) is 16.2 Å². The Kier molecular flexibility index (Phi) is 3.80. The first-order valence-corrected chi connectivity index (χ1v) is 6.02. The van der Waals surface area contributed by atoms with Gasteiger partial charge in [-0.1, -0.05) is 6.07 Å². The van der Waals surface area contributed by atoms with Crippen LogP contribution < -0.4 is 0 Å². The normalized spacial score (nSPS) is 13.4. The average Bonchev–Trinajstić information content (AvgIpc) is 2.16. The van der Waals surface area contributed by atoms with E-state index in [4.69, 9.17) is 5.11 Å². The van der Waals surface area contributed by atoms with E-state index in [1.807, 2.05) is 0 Å². The number of halogens is 1. The monoisotopic (exact) mass is 244 g/mol. The van der Waals surface area contributed by atoms with E-state index in [2.05, 4.69) is 0 Å². The van der Waals surface area contributed by atoms with Crippen molar-refractivity contribution in [2.24, 2.45) is 5.41 Å². The van der Waals surface area contributed by atoms with Gasteiger partial charge < -0.3 is 5.11 Å². The van der Waals surface area contributed by atoms with Gasteiger partial charge in [-0.3, -0.25) is 9.00 Å². The first-order valence-electron chi connectivity index (χ1n) is 4.70. The minimum Gasteiger partial charge on any atom is -0.481 e. The molecule has 1 unspecified atom stereocenters. The van der Waals surface area contributed by atoms with E-state index < -0.39 is 28.0 Å². The number of rotatable bonds is 4. The summed E-state index contributed by atoms with van der Waals surface area (Å²) in [5.74, 6) is -1.53. The van der Waals surface area contributed by atoms with E-state index in [1.54, 1.807) is 0 Å². The number of hydrogen-bond donors (Lipinski definition) is 1. The van der Waals surface area contributed by atoms with Gasteiger partial charge in [0.2, 0.25) is 0 Å². The Morgan fingerprint density at radius 1 is 1.50 bits per heavy atom. The predicted molar refractivity (Wildman–Crippen MR) is 59.1 cm³/mol. The zero-order chi connectivity index (χ0) is 12.3. The Bertz CT molecular complexity index is 429. The maximum absolute atomic E-state index is 12.9. The molecule has 0 spiro atoms. The number of carbonyl (C=O) groups is 1. The van der Waals surface area contributed by atoms with Crippen LogP contribution in [0.1, 0.15) is 13.8 Å². The van der Waals surface area contributed by atoms with Gasteiger partial charge in [0.25, 0.3) is 0 Å². The summed E-state index contributed by atoms with van der Waals surface area (Å²) in [5, 5.41) is 8.88. The van der Waals surface area contributed by atoms with E-state index in [-0.39, 0.29) is 5.75 Å². The molecule has 0 aromatic heterocycles. The number of aliphatic carboxylic acids is 1. The van der Waals surface area contributed by atoms with Gasteiger partial charge in [-0.2, -0.15) is 0 Å². The molecule has 5 heteroatoms. The molecule has 1 aromatic rings. The molecule has 0 bridgehead atoms. The van der Waals surface area contributed by atoms with Crippen LogP contribution in [0.4, 0.5) is 4.39 Å². The fourth-order valence-corrected chi connectivity index (χ4v) is 2.50. The molecule has 0 heterocycles. The zero-order valence-corrected chi connectivity index (χ0v) is 9.88. The standard InChI is InChI=1S/C11H13FO3S/c1-11(2,10(13)14)7-16(15)9-5-3-4-8(12)6-9/h3-6H,7H2,1-2H3,(H,13,14). The summed E-state index contributed by atoms with van der Waals surface area (Å²) >= 11 is 0. The molecule has 1 rings (SSSR count). The molecule has 0 amide bonds. The largest absolute Gasteiger partial charge is 0.481 e. The maximum Gasteiger partial charge on any atom is 0.310 e. The summed E-state index contributed by atoms with van der Waals surface area (Å²) in [6.07, 6.45) is 0. The molecule has 3 nitrogen and oxygen atoms in total. The third-order valence-electron chi connectivity index (χ3n) is 2.13. The minimum atomic E-state index is -1.50. The van der Waals surface area contributed by atoms with Crippen molar-refractivity contribution in [2.75, 3.05) is 5.75 Å². The minimum absolute atomic E-state index is 0.0359. The molecule has 88 valence electrons. The van der Waals surface area contributed by atoms with Crippen LogP contribution in [-0.4, -0.2) is 21.0 Å². The summed E-state index contributed by atoms with van der Waals surface area (Å²) in [6, 6.07) is 5.39. The van der Waals surface area contributed by atoms with E-state index in [9.17, 15) is 13.4 Å². The van der Waals surface area contributed by atoms with Gasteiger partial charge in [0, 0.05) is 10.6 Å². The van der Waals surface area contributed by atoms with E-state index in [0.717, 1.165) is 6.07 Å². The highest BCUT2D eigenvalue weighted by Gasteiger charge is 2.30. The van der Waals surface area contributed by atoms with Gasteiger partial charge >= 0.3 is 5.97 Å². The van der Waals surface area contributed by atoms with E-state index in [0.29, 0.717) is 4.90 Å². The second-order valence-corrected chi connectivity index (χ2v) is 5.59. The van der Waals surface area contributed by atoms with Crippen molar-refractivity contribution in [3.8, 4) is 0 Å². The van der Waals surface area contributed by atoms with Crippen molar-refractivity contribution in [2.45, 2.75) is 18.7 Å². The molecule has 0 radical (unpaired) electrons.